The van der Waals surface area contributed by atoms with Crippen LogP contribution in [0.4, 0.5) is 0 Å². The van der Waals surface area contributed by atoms with Crippen molar-refractivity contribution < 1.29 is 34.7 Å². The summed E-state index contributed by atoms with van der Waals surface area (Å²) in [7, 11) is 0. The molecule has 1 aromatic carbocycles. The summed E-state index contributed by atoms with van der Waals surface area (Å²) in [5.41, 5.74) is -3.54. The van der Waals surface area contributed by atoms with Gasteiger partial charge in [0.05, 0.1) is 19.8 Å². The Morgan fingerprint density at radius 2 is 1.74 bits per heavy atom. The number of benzene rings is 1. The maximum absolute atomic E-state index is 12.1. The second-order valence-corrected chi connectivity index (χ2v) is 5.01. The summed E-state index contributed by atoms with van der Waals surface area (Å²) in [6.07, 6.45) is 0. The van der Waals surface area contributed by atoms with Crippen molar-refractivity contribution in [1.29, 1.82) is 0 Å². The van der Waals surface area contributed by atoms with Gasteiger partial charge < -0.3 is 35.3 Å². The lowest BCUT2D eigenvalue weighted by Crippen LogP contribution is -2.57. The minimum atomic E-state index is -1.70. The van der Waals surface area contributed by atoms with Gasteiger partial charge in [-0.15, -0.1) is 0 Å². The predicted octanol–water partition coefficient (Wildman–Crippen LogP) is -1.35. The van der Waals surface area contributed by atoms with E-state index in [0.717, 1.165) is 12.1 Å². The quantitative estimate of drug-likeness (QED) is 0.290. The molecular formula is C14H15NO8. The molecule has 0 aliphatic rings. The molecule has 1 amide bonds. The Hall–Kier alpha value is -2.62. The van der Waals surface area contributed by atoms with E-state index >= 15 is 0 Å². The van der Waals surface area contributed by atoms with Crippen molar-refractivity contribution in [2.24, 2.45) is 0 Å². The molecule has 0 saturated heterocycles. The predicted molar refractivity (Wildman–Crippen MR) is 77.3 cm³/mol. The van der Waals surface area contributed by atoms with Crippen LogP contribution in [0.1, 0.15) is 10.4 Å². The zero-order chi connectivity index (χ0) is 17.2. The highest BCUT2D eigenvalue weighted by Crippen LogP contribution is 2.32. The van der Waals surface area contributed by atoms with Crippen LogP contribution in [0, 0.1) is 0 Å². The molecule has 1 aromatic heterocycles. The molecule has 0 unspecified atom stereocenters. The fourth-order valence-electron chi connectivity index (χ4n) is 1.89. The number of amides is 1. The molecule has 0 saturated carbocycles. The number of nitrogens with one attached hydrogen (secondary N) is 1. The molecule has 0 aliphatic carbocycles. The minimum absolute atomic E-state index is 0.174. The molecule has 9 nitrogen and oxygen atoms in total. The number of phenols is 2. The van der Waals surface area contributed by atoms with E-state index in [0.29, 0.717) is 0 Å². The van der Waals surface area contributed by atoms with Crippen LogP contribution in [0.5, 0.6) is 11.5 Å². The monoisotopic (exact) mass is 325 g/mol. The van der Waals surface area contributed by atoms with Crippen molar-refractivity contribution in [2.45, 2.75) is 5.54 Å². The lowest BCUT2D eigenvalue weighted by Gasteiger charge is -2.28. The first kappa shape index (κ1) is 16.7. The Bertz CT molecular complexity index is 785. The maximum atomic E-state index is 12.1. The first-order chi connectivity index (χ1) is 10.9. The number of aliphatic hydroxyl groups is 3. The topological polar surface area (TPSA) is 160 Å². The molecule has 0 bridgehead atoms. The standard InChI is InChI=1S/C14H15NO8/c16-4-14(5-17,6-18)15-12(21)8-3-7-1-2-9(19)10(20)11(7)23-13(8)22/h1-3,16-20H,4-6H2,(H,15,21). The third-order valence-electron chi connectivity index (χ3n) is 3.39. The van der Waals surface area contributed by atoms with Crippen molar-refractivity contribution in [3.8, 4) is 11.5 Å². The largest absolute Gasteiger partial charge is 0.504 e. The zero-order valence-corrected chi connectivity index (χ0v) is 11.8. The average molecular weight is 325 g/mol. The van der Waals surface area contributed by atoms with E-state index in [9.17, 15) is 35.1 Å². The van der Waals surface area contributed by atoms with E-state index in [4.69, 9.17) is 4.42 Å². The van der Waals surface area contributed by atoms with Crippen LogP contribution in [0.2, 0.25) is 0 Å². The maximum Gasteiger partial charge on any atom is 0.349 e. The summed E-state index contributed by atoms with van der Waals surface area (Å²) in [6.45, 7) is -2.25. The summed E-state index contributed by atoms with van der Waals surface area (Å²) in [5, 5.41) is 48.9. The number of phenolic OH excluding ortho intramolecular Hbond substituents is 2. The molecule has 0 atom stereocenters. The third kappa shape index (κ3) is 2.97. The van der Waals surface area contributed by atoms with Crippen LogP contribution in [0.25, 0.3) is 11.0 Å². The lowest BCUT2D eigenvalue weighted by atomic mass is 10.0. The van der Waals surface area contributed by atoms with Gasteiger partial charge in [0.15, 0.2) is 11.3 Å². The van der Waals surface area contributed by atoms with Crippen molar-refractivity contribution in [1.82, 2.24) is 5.32 Å². The molecule has 2 rings (SSSR count). The molecule has 0 spiro atoms. The summed E-state index contributed by atoms with van der Waals surface area (Å²) in [5.74, 6) is -2.11. The molecule has 124 valence electrons. The van der Waals surface area contributed by atoms with Crippen molar-refractivity contribution >= 4 is 16.9 Å². The molecule has 1 heterocycles. The minimum Gasteiger partial charge on any atom is -0.504 e. The molecular weight excluding hydrogens is 310 g/mol. The Morgan fingerprint density at radius 1 is 1.13 bits per heavy atom. The normalized spacial score (nSPS) is 11.6. The highest BCUT2D eigenvalue weighted by atomic mass is 16.4. The van der Waals surface area contributed by atoms with Gasteiger partial charge in [-0.2, -0.15) is 0 Å². The van der Waals surface area contributed by atoms with Gasteiger partial charge in [0.2, 0.25) is 5.75 Å². The average Bonchev–Trinajstić information content (AvgIpc) is 2.56. The van der Waals surface area contributed by atoms with E-state index in [1.807, 2.05) is 0 Å². The first-order valence-corrected chi connectivity index (χ1v) is 6.51. The van der Waals surface area contributed by atoms with Crippen LogP contribution in [0.3, 0.4) is 0 Å². The van der Waals surface area contributed by atoms with Crippen molar-refractivity contribution in [3.63, 3.8) is 0 Å². The smallest absolute Gasteiger partial charge is 0.349 e. The number of aliphatic hydroxyl groups excluding tert-OH is 3. The number of carbonyl (C=O) groups excluding carboxylic acids is 1. The molecule has 0 fully saturated rings. The number of rotatable bonds is 5. The second kappa shape index (κ2) is 6.24. The Kier molecular flexibility index (Phi) is 4.55. The van der Waals surface area contributed by atoms with Crippen LogP contribution in [0.15, 0.2) is 27.4 Å². The van der Waals surface area contributed by atoms with Gasteiger partial charge in [-0.25, -0.2) is 4.79 Å². The summed E-state index contributed by atoms with van der Waals surface area (Å²) < 4.78 is 4.83. The number of hydrogen-bond donors (Lipinski definition) is 6. The van der Waals surface area contributed by atoms with Gasteiger partial charge >= 0.3 is 5.63 Å². The number of carbonyl (C=O) groups is 1. The van der Waals surface area contributed by atoms with Gasteiger partial charge in [0, 0.05) is 5.39 Å². The highest BCUT2D eigenvalue weighted by molar-refractivity contribution is 5.98. The zero-order valence-electron chi connectivity index (χ0n) is 11.8. The first-order valence-electron chi connectivity index (χ1n) is 6.51. The van der Waals surface area contributed by atoms with Crippen molar-refractivity contribution in [2.75, 3.05) is 19.8 Å². The Morgan fingerprint density at radius 3 is 2.30 bits per heavy atom. The summed E-state index contributed by atoms with van der Waals surface area (Å²) in [4.78, 5) is 24.0. The van der Waals surface area contributed by atoms with E-state index in [-0.39, 0.29) is 11.0 Å². The van der Waals surface area contributed by atoms with Crippen LogP contribution in [-0.4, -0.2) is 56.8 Å². The molecule has 9 heteroatoms. The van der Waals surface area contributed by atoms with Crippen LogP contribution >= 0.6 is 0 Å². The Balaban J connectivity index is 2.48. The Labute approximate surface area is 129 Å². The second-order valence-electron chi connectivity index (χ2n) is 5.01. The number of hydrogen-bond acceptors (Lipinski definition) is 8. The fraction of sp³-hybridized carbons (Fsp3) is 0.286. The van der Waals surface area contributed by atoms with E-state index < -0.39 is 54.0 Å². The molecule has 6 N–H and O–H groups in total. The van der Waals surface area contributed by atoms with Crippen LogP contribution in [-0.2, 0) is 0 Å². The number of fused-ring (bicyclic) bond motifs is 1. The van der Waals surface area contributed by atoms with Gasteiger partial charge in [0.25, 0.3) is 5.91 Å². The summed E-state index contributed by atoms with van der Waals surface area (Å²) >= 11 is 0. The fourth-order valence-corrected chi connectivity index (χ4v) is 1.89. The third-order valence-corrected chi connectivity index (χ3v) is 3.39. The number of aromatic hydroxyl groups is 2. The highest BCUT2D eigenvalue weighted by Gasteiger charge is 2.31. The lowest BCUT2D eigenvalue weighted by molar-refractivity contribution is 0.0373. The van der Waals surface area contributed by atoms with Gasteiger partial charge in [-0.05, 0) is 18.2 Å². The van der Waals surface area contributed by atoms with Gasteiger partial charge in [-0.1, -0.05) is 0 Å². The SMILES string of the molecule is O=C(NC(CO)(CO)CO)c1cc2ccc(O)c(O)c2oc1=O. The molecule has 0 radical (unpaired) electrons. The van der Waals surface area contributed by atoms with E-state index in [1.54, 1.807) is 0 Å². The molecule has 0 aliphatic heterocycles. The van der Waals surface area contributed by atoms with Crippen molar-refractivity contribution in [3.05, 3.63) is 34.2 Å². The molecule has 23 heavy (non-hydrogen) atoms. The van der Waals surface area contributed by atoms with E-state index in [2.05, 4.69) is 5.32 Å². The summed E-state index contributed by atoms with van der Waals surface area (Å²) in [6, 6.07) is 3.59. The molecule has 2 aromatic rings. The van der Waals surface area contributed by atoms with Gasteiger partial charge in [0.1, 0.15) is 11.1 Å². The van der Waals surface area contributed by atoms with Crippen LogP contribution < -0.4 is 10.9 Å². The van der Waals surface area contributed by atoms with Gasteiger partial charge in [-0.3, -0.25) is 4.79 Å². The van der Waals surface area contributed by atoms with E-state index in [1.165, 1.54) is 6.07 Å².